The topological polar surface area (TPSA) is 85.8 Å². The molecule has 1 saturated heterocycles. The summed E-state index contributed by atoms with van der Waals surface area (Å²) in [6.07, 6.45) is 3.59. The Balaban J connectivity index is 1.65. The number of nitro benzene ring substituents is 1. The number of hydrogen-bond acceptors (Lipinski definition) is 6. The molecule has 1 aliphatic heterocycles. The van der Waals surface area contributed by atoms with Crippen LogP contribution in [0.4, 0.5) is 20.2 Å². The van der Waals surface area contributed by atoms with Crippen molar-refractivity contribution in [1.82, 2.24) is 14.6 Å². The predicted octanol–water partition coefficient (Wildman–Crippen LogP) is 3.62. The lowest BCUT2D eigenvalue weighted by Gasteiger charge is -2.34. The van der Waals surface area contributed by atoms with Crippen molar-refractivity contribution in [3.63, 3.8) is 0 Å². The van der Waals surface area contributed by atoms with Crippen molar-refractivity contribution in [2.75, 3.05) is 18.0 Å². The Morgan fingerprint density at radius 1 is 1.25 bits per heavy atom. The second-order valence-electron chi connectivity index (χ2n) is 6.56. The van der Waals surface area contributed by atoms with Gasteiger partial charge in [0.2, 0.25) is 0 Å². The molecule has 0 aliphatic carbocycles. The van der Waals surface area contributed by atoms with E-state index in [0.717, 1.165) is 30.4 Å². The molecule has 1 aromatic carbocycles. The number of benzene rings is 1. The monoisotopic (exact) mass is 389 g/mol. The molecule has 0 N–H and O–H groups in total. The lowest BCUT2D eigenvalue weighted by molar-refractivity contribution is -0.385. The largest absolute Gasteiger partial charge is 0.432 e. The molecule has 1 unspecified atom stereocenters. The van der Waals surface area contributed by atoms with Gasteiger partial charge in [-0.05, 0) is 31.0 Å². The number of rotatable bonds is 5. The van der Waals surface area contributed by atoms with Crippen LogP contribution in [0.1, 0.15) is 24.6 Å². The van der Waals surface area contributed by atoms with Crippen LogP contribution in [-0.2, 0) is 0 Å². The number of halogens is 2. The van der Waals surface area contributed by atoms with Crippen LogP contribution in [0.5, 0.6) is 5.75 Å². The van der Waals surface area contributed by atoms with Crippen LogP contribution >= 0.6 is 0 Å². The fraction of sp³-hybridized carbons (Fsp3) is 0.333. The Bertz CT molecular complexity index is 1010. The maximum atomic E-state index is 12.8. The van der Waals surface area contributed by atoms with Crippen LogP contribution in [-0.4, -0.2) is 39.2 Å². The minimum atomic E-state index is -3.07. The van der Waals surface area contributed by atoms with E-state index < -0.39 is 11.5 Å². The van der Waals surface area contributed by atoms with Gasteiger partial charge in [0.1, 0.15) is 5.82 Å². The highest BCUT2D eigenvalue weighted by atomic mass is 19.3. The first-order valence-corrected chi connectivity index (χ1v) is 8.81. The molecule has 1 fully saturated rings. The highest BCUT2D eigenvalue weighted by Crippen LogP contribution is 2.37. The van der Waals surface area contributed by atoms with Gasteiger partial charge in [0, 0.05) is 31.3 Å². The Morgan fingerprint density at radius 2 is 2.11 bits per heavy atom. The minimum Gasteiger partial charge on any atom is -0.432 e. The number of nitro groups is 1. The molecule has 1 atom stereocenters. The zero-order valence-corrected chi connectivity index (χ0v) is 14.7. The van der Waals surface area contributed by atoms with Crippen molar-refractivity contribution < 1.29 is 18.4 Å². The van der Waals surface area contributed by atoms with Gasteiger partial charge in [-0.3, -0.25) is 14.5 Å². The fourth-order valence-electron chi connectivity index (χ4n) is 3.61. The van der Waals surface area contributed by atoms with Crippen molar-refractivity contribution in [2.45, 2.75) is 25.4 Å². The maximum Gasteiger partial charge on any atom is 0.387 e. The van der Waals surface area contributed by atoms with Crippen LogP contribution in [0, 0.1) is 10.1 Å². The Labute approximate surface area is 158 Å². The Kier molecular flexibility index (Phi) is 4.76. The average Bonchev–Trinajstić information content (AvgIpc) is 3.12. The third kappa shape index (κ3) is 3.45. The van der Waals surface area contributed by atoms with Gasteiger partial charge in [-0.1, -0.05) is 6.07 Å². The summed E-state index contributed by atoms with van der Waals surface area (Å²) in [4.78, 5) is 12.3. The summed E-state index contributed by atoms with van der Waals surface area (Å²) < 4.78 is 32.2. The molecule has 146 valence electrons. The lowest BCUT2D eigenvalue weighted by atomic mass is 9.96. The molecule has 3 aromatic rings. The fourth-order valence-corrected chi connectivity index (χ4v) is 3.61. The molecule has 3 heterocycles. The summed E-state index contributed by atoms with van der Waals surface area (Å²) in [5.74, 6) is 0.648. The van der Waals surface area contributed by atoms with Crippen molar-refractivity contribution >= 4 is 17.0 Å². The van der Waals surface area contributed by atoms with E-state index in [9.17, 15) is 18.9 Å². The highest BCUT2D eigenvalue weighted by molar-refractivity contribution is 5.63. The van der Waals surface area contributed by atoms with Gasteiger partial charge in [-0.25, -0.2) is 0 Å². The number of alkyl halides is 2. The quantitative estimate of drug-likeness (QED) is 0.489. The van der Waals surface area contributed by atoms with Crippen LogP contribution in [0.2, 0.25) is 0 Å². The van der Waals surface area contributed by atoms with E-state index in [4.69, 9.17) is 0 Å². The average molecular weight is 389 g/mol. The van der Waals surface area contributed by atoms with Gasteiger partial charge < -0.3 is 9.64 Å². The first kappa shape index (κ1) is 18.1. The van der Waals surface area contributed by atoms with Crippen LogP contribution in [0.15, 0.2) is 42.6 Å². The molecule has 2 aromatic heterocycles. The van der Waals surface area contributed by atoms with Gasteiger partial charge >= 0.3 is 6.61 Å². The van der Waals surface area contributed by atoms with E-state index >= 15 is 0 Å². The van der Waals surface area contributed by atoms with E-state index in [2.05, 4.69) is 14.9 Å². The number of ether oxygens (including phenoxy) is 1. The molecule has 0 bridgehead atoms. The predicted molar refractivity (Wildman–Crippen MR) is 96.9 cm³/mol. The van der Waals surface area contributed by atoms with E-state index in [0.29, 0.717) is 18.8 Å². The molecule has 1 aliphatic rings. The number of hydrogen-bond donors (Lipinski definition) is 0. The van der Waals surface area contributed by atoms with Crippen molar-refractivity contribution in [3.8, 4) is 5.75 Å². The molecule has 0 saturated carbocycles. The van der Waals surface area contributed by atoms with Gasteiger partial charge in [0.15, 0.2) is 11.4 Å². The van der Waals surface area contributed by atoms with E-state index in [1.54, 1.807) is 0 Å². The maximum absolute atomic E-state index is 12.8. The Hall–Kier alpha value is -3.30. The second-order valence-corrected chi connectivity index (χ2v) is 6.56. The molecular formula is C18H17F2N5O3. The molecule has 4 rings (SSSR count). The second kappa shape index (κ2) is 7.37. The van der Waals surface area contributed by atoms with Crippen molar-refractivity contribution in [1.29, 1.82) is 0 Å². The number of pyridine rings is 1. The number of non-ortho nitro benzene ring substituents is 1. The highest BCUT2D eigenvalue weighted by Gasteiger charge is 2.28. The summed E-state index contributed by atoms with van der Waals surface area (Å²) >= 11 is 0. The normalized spacial score (nSPS) is 17.2. The summed E-state index contributed by atoms with van der Waals surface area (Å²) in [6.45, 7) is -1.92. The molecule has 8 nitrogen and oxygen atoms in total. The summed E-state index contributed by atoms with van der Waals surface area (Å²) in [5, 5.41) is 19.5. The molecule has 0 amide bonds. The molecule has 0 radical (unpaired) electrons. The Morgan fingerprint density at radius 3 is 2.89 bits per heavy atom. The van der Waals surface area contributed by atoms with Crippen LogP contribution < -0.4 is 9.64 Å². The van der Waals surface area contributed by atoms with E-state index in [1.165, 1.54) is 12.1 Å². The lowest BCUT2D eigenvalue weighted by Crippen LogP contribution is -2.35. The number of aromatic nitrogens is 3. The van der Waals surface area contributed by atoms with Crippen molar-refractivity contribution in [3.05, 3.63) is 58.5 Å². The summed E-state index contributed by atoms with van der Waals surface area (Å²) in [5.41, 5.74) is 0.854. The first-order chi connectivity index (χ1) is 13.5. The number of anilines is 1. The third-order valence-corrected chi connectivity index (χ3v) is 4.84. The van der Waals surface area contributed by atoms with Gasteiger partial charge in [-0.15, -0.1) is 10.2 Å². The smallest absolute Gasteiger partial charge is 0.387 e. The zero-order chi connectivity index (χ0) is 19.7. The zero-order valence-electron chi connectivity index (χ0n) is 14.7. The molecular weight excluding hydrogens is 372 g/mol. The molecule has 0 spiro atoms. The van der Waals surface area contributed by atoms with E-state index in [1.807, 2.05) is 33.7 Å². The van der Waals surface area contributed by atoms with E-state index in [-0.39, 0.29) is 17.4 Å². The molecule has 10 heteroatoms. The summed E-state index contributed by atoms with van der Waals surface area (Å²) in [6, 6.07) is 9.43. The standard InChI is InChI=1S/C18H17F2N5O3/c19-18(20)28-15-10-13(25(26)27)6-7-14(15)23-8-3-4-12(11-23)17-22-21-16-5-1-2-9-24(16)17/h1-2,5-7,9-10,12,18H,3-4,8,11H2. The van der Waals surface area contributed by atoms with Gasteiger partial charge in [-0.2, -0.15) is 8.78 Å². The van der Waals surface area contributed by atoms with Gasteiger partial charge in [0.25, 0.3) is 5.69 Å². The summed E-state index contributed by atoms with van der Waals surface area (Å²) in [7, 11) is 0. The van der Waals surface area contributed by atoms with Crippen LogP contribution in [0.25, 0.3) is 5.65 Å². The number of piperidine rings is 1. The molecule has 28 heavy (non-hydrogen) atoms. The van der Waals surface area contributed by atoms with Gasteiger partial charge in [0.05, 0.1) is 16.7 Å². The van der Waals surface area contributed by atoms with Crippen molar-refractivity contribution in [2.24, 2.45) is 0 Å². The SMILES string of the molecule is O=[N+]([O-])c1ccc(N2CCCC(c3nnc4ccccn34)C2)c(OC(F)F)c1. The first-order valence-electron chi connectivity index (χ1n) is 8.81. The van der Waals surface area contributed by atoms with Crippen LogP contribution in [0.3, 0.4) is 0 Å². The third-order valence-electron chi connectivity index (χ3n) is 4.84. The number of fused-ring (bicyclic) bond motifs is 1. The number of nitrogens with zero attached hydrogens (tertiary/aromatic N) is 5. The minimum absolute atomic E-state index is 0.0424.